The highest BCUT2D eigenvalue weighted by Crippen LogP contribution is 2.27. The van der Waals surface area contributed by atoms with E-state index in [2.05, 4.69) is 0 Å². The van der Waals surface area contributed by atoms with Gasteiger partial charge in [0.05, 0.1) is 5.02 Å². The molecule has 0 fully saturated rings. The van der Waals surface area contributed by atoms with Crippen LogP contribution in [0.3, 0.4) is 0 Å². The van der Waals surface area contributed by atoms with E-state index in [0.29, 0.717) is 10.8 Å². The molecule has 1 atom stereocenters. The van der Waals surface area contributed by atoms with Gasteiger partial charge in [-0.1, -0.05) is 17.7 Å². The first-order valence-electron chi connectivity index (χ1n) is 4.39. The van der Waals surface area contributed by atoms with E-state index in [1.54, 1.807) is 12.1 Å². The number of hydrogen-bond acceptors (Lipinski definition) is 2. The average Bonchev–Trinajstić information content (AvgIpc) is 2.15. The second-order valence-electron chi connectivity index (χ2n) is 3.02. The summed E-state index contributed by atoms with van der Waals surface area (Å²) in [6.45, 7) is 1.37. The Morgan fingerprint density at radius 1 is 1.57 bits per heavy atom. The zero-order chi connectivity index (χ0) is 10.6. The minimum atomic E-state index is -0.522. The van der Waals surface area contributed by atoms with E-state index in [-0.39, 0.29) is 12.6 Å². The molecule has 0 radical (unpaired) electrons. The third kappa shape index (κ3) is 2.86. The standard InChI is InChI=1S/C10H13ClFNO/c1-7(13)8-2-3-10(9(11)6-8)14-5-4-12/h2-3,6-7H,4-5,13H2,1H3/t7-/m1/s1. The molecule has 2 N–H and O–H groups in total. The molecule has 0 saturated carbocycles. The molecule has 1 aromatic carbocycles. The number of ether oxygens (including phenoxy) is 1. The monoisotopic (exact) mass is 217 g/mol. The van der Waals surface area contributed by atoms with Crippen molar-refractivity contribution in [3.63, 3.8) is 0 Å². The molecular weight excluding hydrogens is 205 g/mol. The SMILES string of the molecule is C[C@@H](N)c1ccc(OCCF)c(Cl)c1. The third-order valence-corrected chi connectivity index (χ3v) is 2.11. The summed E-state index contributed by atoms with van der Waals surface area (Å²) in [7, 11) is 0. The molecule has 0 amide bonds. The van der Waals surface area contributed by atoms with Crippen molar-refractivity contribution in [1.29, 1.82) is 0 Å². The zero-order valence-electron chi connectivity index (χ0n) is 7.97. The van der Waals surface area contributed by atoms with Crippen molar-refractivity contribution in [2.75, 3.05) is 13.3 Å². The van der Waals surface area contributed by atoms with E-state index in [4.69, 9.17) is 22.1 Å². The van der Waals surface area contributed by atoms with Gasteiger partial charge in [0, 0.05) is 6.04 Å². The van der Waals surface area contributed by atoms with Crippen LogP contribution in [0.4, 0.5) is 4.39 Å². The molecule has 4 heteroatoms. The molecule has 0 aliphatic rings. The lowest BCUT2D eigenvalue weighted by molar-refractivity contribution is 0.273. The smallest absolute Gasteiger partial charge is 0.138 e. The van der Waals surface area contributed by atoms with Crippen LogP contribution < -0.4 is 10.5 Å². The molecule has 14 heavy (non-hydrogen) atoms. The van der Waals surface area contributed by atoms with Crippen molar-refractivity contribution in [1.82, 2.24) is 0 Å². The minimum Gasteiger partial charge on any atom is -0.489 e. The Kier molecular flexibility index (Phi) is 4.17. The summed E-state index contributed by atoms with van der Waals surface area (Å²) < 4.78 is 16.9. The van der Waals surface area contributed by atoms with E-state index in [9.17, 15) is 4.39 Å². The molecule has 0 aliphatic heterocycles. The lowest BCUT2D eigenvalue weighted by Gasteiger charge is -2.09. The zero-order valence-corrected chi connectivity index (χ0v) is 8.72. The van der Waals surface area contributed by atoms with Gasteiger partial charge in [0.2, 0.25) is 0 Å². The molecular formula is C10H13ClFNO. The van der Waals surface area contributed by atoms with Gasteiger partial charge in [0.25, 0.3) is 0 Å². The number of alkyl halides is 1. The van der Waals surface area contributed by atoms with E-state index in [0.717, 1.165) is 5.56 Å². The van der Waals surface area contributed by atoms with Crippen molar-refractivity contribution < 1.29 is 9.13 Å². The lowest BCUT2D eigenvalue weighted by Crippen LogP contribution is -2.05. The summed E-state index contributed by atoms with van der Waals surface area (Å²) in [6.07, 6.45) is 0. The first-order chi connectivity index (χ1) is 6.65. The molecule has 0 bridgehead atoms. The molecule has 0 spiro atoms. The van der Waals surface area contributed by atoms with Crippen LogP contribution in [0.1, 0.15) is 18.5 Å². The van der Waals surface area contributed by atoms with Crippen LogP contribution in [0, 0.1) is 0 Å². The Morgan fingerprint density at radius 3 is 2.79 bits per heavy atom. The molecule has 1 rings (SSSR count). The topological polar surface area (TPSA) is 35.2 Å². The number of rotatable bonds is 4. The van der Waals surface area contributed by atoms with Crippen molar-refractivity contribution in [2.24, 2.45) is 5.73 Å². The van der Waals surface area contributed by atoms with Crippen molar-refractivity contribution in [2.45, 2.75) is 13.0 Å². The highest BCUT2D eigenvalue weighted by atomic mass is 35.5. The summed E-state index contributed by atoms with van der Waals surface area (Å²) in [5.74, 6) is 0.494. The molecule has 78 valence electrons. The fraction of sp³-hybridized carbons (Fsp3) is 0.400. The predicted octanol–water partition coefficient (Wildman–Crippen LogP) is 2.71. The molecule has 0 unspecified atom stereocenters. The van der Waals surface area contributed by atoms with Crippen LogP contribution in [0.15, 0.2) is 18.2 Å². The Labute approximate surface area is 87.8 Å². The van der Waals surface area contributed by atoms with Crippen LogP contribution in [0.2, 0.25) is 5.02 Å². The van der Waals surface area contributed by atoms with Gasteiger partial charge in [-0.05, 0) is 24.6 Å². The van der Waals surface area contributed by atoms with Gasteiger partial charge in [-0.25, -0.2) is 4.39 Å². The Bertz CT molecular complexity index is 304. The highest BCUT2D eigenvalue weighted by molar-refractivity contribution is 6.32. The Hall–Kier alpha value is -0.800. The quantitative estimate of drug-likeness (QED) is 0.842. The number of hydrogen-bond donors (Lipinski definition) is 1. The first kappa shape index (κ1) is 11.3. The van der Waals surface area contributed by atoms with Gasteiger partial charge in [0.1, 0.15) is 19.0 Å². The molecule has 0 aromatic heterocycles. The van der Waals surface area contributed by atoms with E-state index < -0.39 is 6.67 Å². The van der Waals surface area contributed by atoms with Gasteiger partial charge in [-0.2, -0.15) is 0 Å². The highest BCUT2D eigenvalue weighted by Gasteiger charge is 2.05. The van der Waals surface area contributed by atoms with Crippen LogP contribution in [-0.2, 0) is 0 Å². The molecule has 0 heterocycles. The fourth-order valence-electron chi connectivity index (χ4n) is 1.07. The van der Waals surface area contributed by atoms with Gasteiger partial charge in [-0.3, -0.25) is 0 Å². The average molecular weight is 218 g/mol. The van der Waals surface area contributed by atoms with Crippen molar-refractivity contribution in [3.05, 3.63) is 28.8 Å². The first-order valence-corrected chi connectivity index (χ1v) is 4.76. The maximum absolute atomic E-state index is 11.8. The van der Waals surface area contributed by atoms with E-state index in [1.807, 2.05) is 13.0 Å². The maximum Gasteiger partial charge on any atom is 0.138 e. The molecule has 1 aromatic rings. The van der Waals surface area contributed by atoms with Crippen LogP contribution in [0.5, 0.6) is 5.75 Å². The predicted molar refractivity (Wildman–Crippen MR) is 55.5 cm³/mol. The number of benzene rings is 1. The largest absolute Gasteiger partial charge is 0.489 e. The number of halogens is 2. The lowest BCUT2D eigenvalue weighted by atomic mass is 10.1. The summed E-state index contributed by atoms with van der Waals surface area (Å²) in [4.78, 5) is 0. The third-order valence-electron chi connectivity index (χ3n) is 1.82. The summed E-state index contributed by atoms with van der Waals surface area (Å²) in [5.41, 5.74) is 6.61. The molecule has 0 aliphatic carbocycles. The second-order valence-corrected chi connectivity index (χ2v) is 3.42. The van der Waals surface area contributed by atoms with Crippen LogP contribution in [-0.4, -0.2) is 13.3 Å². The summed E-state index contributed by atoms with van der Waals surface area (Å²) >= 11 is 5.91. The van der Waals surface area contributed by atoms with Gasteiger partial charge >= 0.3 is 0 Å². The van der Waals surface area contributed by atoms with Crippen LogP contribution in [0.25, 0.3) is 0 Å². The summed E-state index contributed by atoms with van der Waals surface area (Å²) in [6, 6.07) is 5.20. The summed E-state index contributed by atoms with van der Waals surface area (Å²) in [5, 5.41) is 0.466. The van der Waals surface area contributed by atoms with Crippen LogP contribution >= 0.6 is 11.6 Å². The Morgan fingerprint density at radius 2 is 2.29 bits per heavy atom. The minimum absolute atomic E-state index is 0.0250. The van der Waals surface area contributed by atoms with Crippen molar-refractivity contribution in [3.8, 4) is 5.75 Å². The second kappa shape index (κ2) is 5.17. The number of nitrogens with two attached hydrogens (primary N) is 1. The van der Waals surface area contributed by atoms with Gasteiger partial charge in [0.15, 0.2) is 0 Å². The normalized spacial score (nSPS) is 12.6. The van der Waals surface area contributed by atoms with E-state index >= 15 is 0 Å². The van der Waals surface area contributed by atoms with Gasteiger partial charge < -0.3 is 10.5 Å². The molecule has 0 saturated heterocycles. The molecule has 2 nitrogen and oxygen atoms in total. The van der Waals surface area contributed by atoms with E-state index in [1.165, 1.54) is 0 Å². The Balaban J connectivity index is 2.79. The fourth-order valence-corrected chi connectivity index (χ4v) is 1.31. The van der Waals surface area contributed by atoms with Crippen molar-refractivity contribution >= 4 is 11.6 Å². The van der Waals surface area contributed by atoms with Gasteiger partial charge in [-0.15, -0.1) is 0 Å². The maximum atomic E-state index is 11.8.